The summed E-state index contributed by atoms with van der Waals surface area (Å²) in [6.45, 7) is 4.71. The van der Waals surface area contributed by atoms with Crippen molar-refractivity contribution in [2.24, 2.45) is 5.92 Å². The summed E-state index contributed by atoms with van der Waals surface area (Å²) in [5, 5.41) is 9.16. The first-order valence-electron chi connectivity index (χ1n) is 14.0. The third-order valence-electron chi connectivity index (χ3n) is 8.43. The third kappa shape index (κ3) is 5.52. The van der Waals surface area contributed by atoms with E-state index in [0.29, 0.717) is 55.3 Å². The van der Waals surface area contributed by atoms with Gasteiger partial charge in [0.2, 0.25) is 0 Å². The van der Waals surface area contributed by atoms with Crippen LogP contribution in [0.2, 0.25) is 0 Å². The first-order valence-corrected chi connectivity index (χ1v) is 15.8. The molecule has 1 N–H and O–H groups in total. The van der Waals surface area contributed by atoms with Gasteiger partial charge in [-0.05, 0) is 85.2 Å². The number of hydrogen-bond donors (Lipinski definition) is 1. The topological polar surface area (TPSA) is 99.1 Å². The van der Waals surface area contributed by atoms with Crippen molar-refractivity contribution in [1.29, 1.82) is 0 Å². The van der Waals surface area contributed by atoms with E-state index < -0.39 is 21.9 Å². The lowest BCUT2D eigenvalue weighted by Crippen LogP contribution is -2.13. The van der Waals surface area contributed by atoms with Crippen LogP contribution in [0.5, 0.6) is 17.2 Å². The summed E-state index contributed by atoms with van der Waals surface area (Å²) in [5.74, 6) is 0.950. The van der Waals surface area contributed by atoms with E-state index >= 15 is 4.39 Å². The quantitative estimate of drug-likeness (QED) is 0.352. The molecule has 3 aromatic rings. The maximum atomic E-state index is 15.3. The minimum absolute atomic E-state index is 0.00791. The molecule has 2 aliphatic heterocycles. The minimum atomic E-state index is -2.95. The van der Waals surface area contributed by atoms with Gasteiger partial charge in [-0.1, -0.05) is 12.1 Å². The van der Waals surface area contributed by atoms with Crippen molar-refractivity contribution in [2.75, 3.05) is 24.7 Å². The van der Waals surface area contributed by atoms with Gasteiger partial charge < -0.3 is 19.3 Å². The van der Waals surface area contributed by atoms with Crippen molar-refractivity contribution in [3.05, 3.63) is 76.1 Å². The molecule has 1 saturated heterocycles. The lowest BCUT2D eigenvalue weighted by molar-refractivity contribution is -0.137. The number of benzene rings is 3. The molecule has 1 fully saturated rings. The number of ether oxygens (including phenoxy) is 3. The van der Waals surface area contributed by atoms with Crippen molar-refractivity contribution in [1.82, 2.24) is 0 Å². The Bertz CT molecular complexity index is 1610. The molecular formula is C32H33FO7S. The number of aryl methyl sites for hydroxylation is 2. The molecule has 2 heterocycles. The molecule has 0 spiro atoms. The van der Waals surface area contributed by atoms with Crippen LogP contribution in [-0.2, 0) is 21.1 Å². The maximum Gasteiger partial charge on any atom is 0.304 e. The van der Waals surface area contributed by atoms with Crippen molar-refractivity contribution in [3.63, 3.8) is 0 Å². The van der Waals surface area contributed by atoms with Crippen LogP contribution in [0.1, 0.15) is 59.1 Å². The van der Waals surface area contributed by atoms with Gasteiger partial charge in [-0.15, -0.1) is 0 Å². The fraction of sp³-hybridized carbons (Fsp3) is 0.406. The highest BCUT2D eigenvalue weighted by atomic mass is 32.2. The fourth-order valence-corrected chi connectivity index (χ4v) is 8.39. The molecule has 41 heavy (non-hydrogen) atoms. The number of sulfone groups is 1. The lowest BCUT2D eigenvalue weighted by Gasteiger charge is -2.19. The number of carboxylic acids is 1. The Morgan fingerprint density at radius 3 is 2.56 bits per heavy atom. The summed E-state index contributed by atoms with van der Waals surface area (Å²) in [5.41, 5.74) is 6.37. The Labute approximate surface area is 239 Å². The molecule has 216 valence electrons. The predicted octanol–water partition coefficient (Wildman–Crippen LogP) is 5.94. The molecule has 0 aromatic heterocycles. The van der Waals surface area contributed by atoms with Gasteiger partial charge in [-0.3, -0.25) is 4.79 Å². The number of carboxylic acid groups (broad SMARTS) is 1. The van der Waals surface area contributed by atoms with Gasteiger partial charge in [0.1, 0.15) is 29.2 Å². The van der Waals surface area contributed by atoms with Crippen LogP contribution in [-0.4, -0.2) is 44.2 Å². The zero-order valence-corrected chi connectivity index (χ0v) is 23.9. The van der Waals surface area contributed by atoms with Crippen LogP contribution in [0, 0.1) is 25.6 Å². The van der Waals surface area contributed by atoms with E-state index in [1.807, 2.05) is 38.1 Å². The molecule has 0 radical (unpaired) electrons. The average Bonchev–Trinajstić information content (AvgIpc) is 3.60. The molecule has 3 atom stereocenters. The molecule has 1 aliphatic carbocycles. The number of carbonyl (C=O) groups is 1. The van der Waals surface area contributed by atoms with E-state index in [4.69, 9.17) is 19.3 Å². The monoisotopic (exact) mass is 580 g/mol. The molecule has 7 nitrogen and oxygen atoms in total. The van der Waals surface area contributed by atoms with E-state index in [-0.39, 0.29) is 35.6 Å². The Balaban J connectivity index is 1.22. The first-order chi connectivity index (χ1) is 19.6. The predicted molar refractivity (Wildman–Crippen MR) is 152 cm³/mol. The maximum absolute atomic E-state index is 15.3. The summed E-state index contributed by atoms with van der Waals surface area (Å²) < 4.78 is 56.9. The van der Waals surface area contributed by atoms with Crippen LogP contribution in [0.25, 0.3) is 11.1 Å². The van der Waals surface area contributed by atoms with Crippen LogP contribution in [0.4, 0.5) is 4.39 Å². The van der Waals surface area contributed by atoms with E-state index in [0.717, 1.165) is 33.4 Å². The molecule has 9 heteroatoms. The van der Waals surface area contributed by atoms with Gasteiger partial charge in [0, 0.05) is 29.0 Å². The van der Waals surface area contributed by atoms with Crippen LogP contribution < -0.4 is 14.2 Å². The van der Waals surface area contributed by atoms with Crippen LogP contribution in [0.3, 0.4) is 0 Å². The Morgan fingerprint density at radius 1 is 1.07 bits per heavy atom. The van der Waals surface area contributed by atoms with E-state index in [9.17, 15) is 13.2 Å². The van der Waals surface area contributed by atoms with Gasteiger partial charge in [0.25, 0.3) is 0 Å². The molecule has 6 rings (SSSR count). The SMILES string of the molecule is Cc1cc(OCC2CCS(=O)(=O)C2)cc(C)c1-c1ccc(F)c2c1CC[C@H]2Oc1ccc2c(c1)OCC2CC(=O)O. The van der Waals surface area contributed by atoms with Gasteiger partial charge in [0.15, 0.2) is 9.84 Å². The highest BCUT2D eigenvalue weighted by Gasteiger charge is 2.33. The number of rotatable bonds is 8. The van der Waals surface area contributed by atoms with Gasteiger partial charge in [-0.2, -0.15) is 0 Å². The Morgan fingerprint density at radius 2 is 1.85 bits per heavy atom. The van der Waals surface area contributed by atoms with E-state index in [1.54, 1.807) is 12.1 Å². The zero-order chi connectivity index (χ0) is 28.9. The summed E-state index contributed by atoms with van der Waals surface area (Å²) in [4.78, 5) is 11.2. The normalized spacial score (nSPS) is 22.2. The molecule has 2 unspecified atom stereocenters. The highest BCUT2D eigenvalue weighted by molar-refractivity contribution is 7.91. The van der Waals surface area contributed by atoms with Crippen LogP contribution >= 0.6 is 0 Å². The molecule has 0 amide bonds. The highest BCUT2D eigenvalue weighted by Crippen LogP contribution is 2.45. The summed E-state index contributed by atoms with van der Waals surface area (Å²) in [6.07, 6.45) is 1.49. The summed E-state index contributed by atoms with van der Waals surface area (Å²) in [6, 6.07) is 12.7. The largest absolute Gasteiger partial charge is 0.493 e. The molecule has 3 aromatic carbocycles. The van der Waals surface area contributed by atoms with Crippen molar-refractivity contribution in [2.45, 2.75) is 51.6 Å². The Hall–Kier alpha value is -3.59. The second kappa shape index (κ2) is 10.7. The lowest BCUT2D eigenvalue weighted by atomic mass is 9.90. The summed E-state index contributed by atoms with van der Waals surface area (Å²) >= 11 is 0. The van der Waals surface area contributed by atoms with Crippen LogP contribution in [0.15, 0.2) is 42.5 Å². The van der Waals surface area contributed by atoms with E-state index in [1.165, 1.54) is 6.07 Å². The second-order valence-electron chi connectivity index (χ2n) is 11.4. The van der Waals surface area contributed by atoms with Gasteiger partial charge >= 0.3 is 5.97 Å². The molecule has 0 bridgehead atoms. The number of hydrogen-bond acceptors (Lipinski definition) is 6. The fourth-order valence-electron chi connectivity index (χ4n) is 6.55. The van der Waals surface area contributed by atoms with Gasteiger partial charge in [0.05, 0.1) is 31.1 Å². The van der Waals surface area contributed by atoms with Crippen molar-refractivity contribution >= 4 is 15.8 Å². The van der Waals surface area contributed by atoms with Gasteiger partial charge in [-0.25, -0.2) is 12.8 Å². The van der Waals surface area contributed by atoms with Crippen molar-refractivity contribution < 1.29 is 36.9 Å². The molecule has 3 aliphatic rings. The first kappa shape index (κ1) is 27.6. The Kier molecular flexibility index (Phi) is 7.18. The number of aliphatic carboxylic acids is 1. The zero-order valence-electron chi connectivity index (χ0n) is 23.1. The van der Waals surface area contributed by atoms with Crippen molar-refractivity contribution in [3.8, 4) is 28.4 Å². The smallest absolute Gasteiger partial charge is 0.304 e. The minimum Gasteiger partial charge on any atom is -0.493 e. The van der Waals surface area contributed by atoms with E-state index in [2.05, 4.69) is 0 Å². The number of fused-ring (bicyclic) bond motifs is 2. The number of halogens is 1. The third-order valence-corrected chi connectivity index (χ3v) is 10.3. The molecular weight excluding hydrogens is 547 g/mol. The average molecular weight is 581 g/mol. The second-order valence-corrected chi connectivity index (χ2v) is 13.7. The summed E-state index contributed by atoms with van der Waals surface area (Å²) in [7, 11) is -2.95. The standard InChI is InChI=1S/C32H33FO7S/c1-18-11-23(38-15-20-9-10-41(36,37)17-20)12-19(2)31(18)25-5-7-27(33)32-26(25)6-8-28(32)40-22-3-4-24-21(13-30(34)35)16-39-29(24)14-22/h3-5,7,11-12,14,20-21,28H,6,8-10,13,15-17H2,1-2H3,(H,34,35)/t20?,21?,28-/m1/s1. The molecule has 0 saturated carbocycles.